The van der Waals surface area contributed by atoms with Crippen LogP contribution in [-0.2, 0) is 4.84 Å². The van der Waals surface area contributed by atoms with Crippen LogP contribution in [0.3, 0.4) is 0 Å². The molecule has 0 atom stereocenters. The summed E-state index contributed by atoms with van der Waals surface area (Å²) in [7, 11) is 0. The summed E-state index contributed by atoms with van der Waals surface area (Å²) in [4.78, 5) is 5.65. The Morgan fingerprint density at radius 3 is 1.50 bits per heavy atom. The van der Waals surface area contributed by atoms with E-state index >= 15 is 0 Å². The maximum Gasteiger partial charge on any atom is 0.0685 e. The van der Waals surface area contributed by atoms with Crippen molar-refractivity contribution < 1.29 is 4.84 Å². The monoisotopic (exact) mass is 257 g/mol. The number of rotatable bonds is 14. The highest BCUT2D eigenvalue weighted by molar-refractivity contribution is 4.47. The molecule has 0 amide bonds. The van der Waals surface area contributed by atoms with Gasteiger partial charge in [0.25, 0.3) is 0 Å². The van der Waals surface area contributed by atoms with Crippen molar-refractivity contribution in [1.82, 2.24) is 5.06 Å². The minimum absolute atomic E-state index is 0.901. The largest absolute Gasteiger partial charge is 0.299 e. The lowest BCUT2D eigenvalue weighted by molar-refractivity contribution is -0.153. The van der Waals surface area contributed by atoms with Gasteiger partial charge in [0.2, 0.25) is 0 Å². The molecule has 0 aromatic carbocycles. The predicted octanol–water partition coefficient (Wildman–Crippen LogP) is 5.18. The fourth-order valence-corrected chi connectivity index (χ4v) is 2.19. The standard InChI is InChI=1S/C16H35NO/c1-4-7-8-9-10-11-12-13-14-15-16-18-17(5-2)6-3/h4-16H2,1-3H3. The molecule has 0 unspecified atom stereocenters. The van der Waals surface area contributed by atoms with E-state index in [1.165, 1.54) is 64.2 Å². The summed E-state index contributed by atoms with van der Waals surface area (Å²) in [5.74, 6) is 0. The van der Waals surface area contributed by atoms with Crippen molar-refractivity contribution >= 4 is 0 Å². The van der Waals surface area contributed by atoms with E-state index in [0.29, 0.717) is 0 Å². The zero-order valence-corrected chi connectivity index (χ0v) is 13.0. The molecule has 0 aromatic heterocycles. The minimum Gasteiger partial charge on any atom is -0.299 e. The van der Waals surface area contributed by atoms with Crippen LogP contribution in [0.5, 0.6) is 0 Å². The summed E-state index contributed by atoms with van der Waals surface area (Å²) in [5.41, 5.74) is 0. The van der Waals surface area contributed by atoms with Gasteiger partial charge in [0.05, 0.1) is 6.61 Å². The van der Waals surface area contributed by atoms with E-state index in [2.05, 4.69) is 20.8 Å². The molecule has 18 heavy (non-hydrogen) atoms. The first-order chi connectivity index (χ1) is 8.85. The van der Waals surface area contributed by atoms with Crippen molar-refractivity contribution in [3.8, 4) is 0 Å². The smallest absolute Gasteiger partial charge is 0.0685 e. The van der Waals surface area contributed by atoms with E-state index in [0.717, 1.165) is 19.7 Å². The van der Waals surface area contributed by atoms with E-state index in [9.17, 15) is 0 Å². The van der Waals surface area contributed by atoms with Gasteiger partial charge >= 0.3 is 0 Å². The summed E-state index contributed by atoms with van der Waals surface area (Å²) >= 11 is 0. The molecule has 0 saturated carbocycles. The Labute approximate surface area is 115 Å². The third-order valence-electron chi connectivity index (χ3n) is 3.48. The molecule has 0 radical (unpaired) electrons. The molecule has 0 N–H and O–H groups in total. The Kier molecular flexibility index (Phi) is 14.9. The van der Waals surface area contributed by atoms with Gasteiger partial charge in [0, 0.05) is 13.1 Å². The van der Waals surface area contributed by atoms with Crippen LogP contribution in [0.2, 0.25) is 0 Å². The Morgan fingerprint density at radius 1 is 0.611 bits per heavy atom. The van der Waals surface area contributed by atoms with Gasteiger partial charge in [-0.05, 0) is 6.42 Å². The number of hydroxylamine groups is 2. The fourth-order valence-electron chi connectivity index (χ4n) is 2.19. The molecular formula is C16H35NO. The predicted molar refractivity (Wildman–Crippen MR) is 80.7 cm³/mol. The van der Waals surface area contributed by atoms with Crippen LogP contribution in [0, 0.1) is 0 Å². The number of hydrogen-bond donors (Lipinski definition) is 0. The first-order valence-electron chi connectivity index (χ1n) is 8.23. The fraction of sp³-hybridized carbons (Fsp3) is 1.00. The quantitative estimate of drug-likeness (QED) is 0.314. The Bertz CT molecular complexity index is 146. The van der Waals surface area contributed by atoms with Gasteiger partial charge in [-0.3, -0.25) is 4.84 Å². The van der Waals surface area contributed by atoms with Crippen LogP contribution in [0.25, 0.3) is 0 Å². The first kappa shape index (κ1) is 17.9. The molecule has 0 aromatic rings. The normalized spacial score (nSPS) is 11.3. The van der Waals surface area contributed by atoms with Crippen molar-refractivity contribution in [3.63, 3.8) is 0 Å². The van der Waals surface area contributed by atoms with Crippen LogP contribution in [-0.4, -0.2) is 24.8 Å². The summed E-state index contributed by atoms with van der Waals surface area (Å²) in [5, 5.41) is 2.04. The van der Waals surface area contributed by atoms with Crippen molar-refractivity contribution in [2.75, 3.05) is 19.7 Å². The van der Waals surface area contributed by atoms with Crippen LogP contribution >= 0.6 is 0 Å². The zero-order valence-electron chi connectivity index (χ0n) is 13.0. The number of unbranched alkanes of at least 4 members (excludes halogenated alkanes) is 9. The lowest BCUT2D eigenvalue weighted by atomic mass is 10.1. The van der Waals surface area contributed by atoms with E-state index in [4.69, 9.17) is 4.84 Å². The SMILES string of the molecule is CCCCCCCCCCCCON(CC)CC. The summed E-state index contributed by atoms with van der Waals surface area (Å²) in [6.07, 6.45) is 13.9. The van der Waals surface area contributed by atoms with Gasteiger partial charge in [0.1, 0.15) is 0 Å². The average Bonchev–Trinajstić information content (AvgIpc) is 2.40. The molecule has 110 valence electrons. The molecule has 2 heteroatoms. The van der Waals surface area contributed by atoms with Crippen LogP contribution in [0.4, 0.5) is 0 Å². The Morgan fingerprint density at radius 2 is 1.06 bits per heavy atom. The molecule has 0 aliphatic carbocycles. The molecular weight excluding hydrogens is 222 g/mol. The first-order valence-corrected chi connectivity index (χ1v) is 8.23. The molecule has 0 rings (SSSR count). The van der Waals surface area contributed by atoms with Crippen LogP contribution in [0.1, 0.15) is 85.0 Å². The molecule has 0 saturated heterocycles. The van der Waals surface area contributed by atoms with Crippen molar-refractivity contribution in [3.05, 3.63) is 0 Å². The van der Waals surface area contributed by atoms with Crippen LogP contribution < -0.4 is 0 Å². The third kappa shape index (κ3) is 12.4. The summed E-state index contributed by atoms with van der Waals surface area (Å²) in [6.45, 7) is 9.45. The maximum absolute atomic E-state index is 5.65. The summed E-state index contributed by atoms with van der Waals surface area (Å²) < 4.78 is 0. The Balaban J connectivity index is 3.03. The molecule has 0 fully saturated rings. The Hall–Kier alpha value is -0.0800. The van der Waals surface area contributed by atoms with Gasteiger partial charge in [-0.15, -0.1) is 0 Å². The van der Waals surface area contributed by atoms with Crippen molar-refractivity contribution in [2.24, 2.45) is 0 Å². The van der Waals surface area contributed by atoms with Gasteiger partial charge in [-0.25, -0.2) is 0 Å². The van der Waals surface area contributed by atoms with E-state index in [1.807, 2.05) is 5.06 Å². The second-order valence-corrected chi connectivity index (χ2v) is 5.13. The van der Waals surface area contributed by atoms with Gasteiger partial charge in [-0.1, -0.05) is 78.6 Å². The molecule has 0 aliphatic rings. The average molecular weight is 257 g/mol. The molecule has 0 heterocycles. The minimum atomic E-state index is 0.901. The van der Waals surface area contributed by atoms with Gasteiger partial charge in [-0.2, -0.15) is 5.06 Å². The molecule has 2 nitrogen and oxygen atoms in total. The third-order valence-corrected chi connectivity index (χ3v) is 3.48. The zero-order chi connectivity index (χ0) is 13.5. The molecule has 0 spiro atoms. The lowest BCUT2D eigenvalue weighted by Gasteiger charge is -2.17. The van der Waals surface area contributed by atoms with E-state index < -0.39 is 0 Å². The second-order valence-electron chi connectivity index (χ2n) is 5.13. The lowest BCUT2D eigenvalue weighted by Crippen LogP contribution is -2.23. The van der Waals surface area contributed by atoms with Gasteiger partial charge < -0.3 is 0 Å². The highest BCUT2D eigenvalue weighted by Gasteiger charge is 1.98. The van der Waals surface area contributed by atoms with Crippen LogP contribution in [0.15, 0.2) is 0 Å². The maximum atomic E-state index is 5.65. The van der Waals surface area contributed by atoms with E-state index in [1.54, 1.807) is 0 Å². The van der Waals surface area contributed by atoms with E-state index in [-0.39, 0.29) is 0 Å². The topological polar surface area (TPSA) is 12.5 Å². The highest BCUT2D eigenvalue weighted by Crippen LogP contribution is 2.10. The second kappa shape index (κ2) is 15.0. The molecule has 0 bridgehead atoms. The molecule has 0 aliphatic heterocycles. The van der Waals surface area contributed by atoms with Crippen molar-refractivity contribution in [1.29, 1.82) is 0 Å². The summed E-state index contributed by atoms with van der Waals surface area (Å²) in [6, 6.07) is 0. The highest BCUT2D eigenvalue weighted by atomic mass is 16.7. The number of nitrogens with zero attached hydrogens (tertiary/aromatic N) is 1. The van der Waals surface area contributed by atoms with Gasteiger partial charge in [0.15, 0.2) is 0 Å². The number of hydrogen-bond acceptors (Lipinski definition) is 2. The van der Waals surface area contributed by atoms with Crippen molar-refractivity contribution in [2.45, 2.75) is 85.0 Å².